The molecule has 116 valence electrons. The third-order valence-corrected chi connectivity index (χ3v) is 4.03. The summed E-state index contributed by atoms with van der Waals surface area (Å²) in [5.41, 5.74) is 1.61. The molecule has 0 spiro atoms. The van der Waals surface area contributed by atoms with Crippen molar-refractivity contribution in [1.29, 1.82) is 0 Å². The van der Waals surface area contributed by atoms with Crippen molar-refractivity contribution in [3.05, 3.63) is 71.8 Å². The highest BCUT2D eigenvalue weighted by atomic mass is 16.2. The number of nitrogens with one attached hydrogen (secondary N) is 2. The normalized spacial score (nSPS) is 12.7. The van der Waals surface area contributed by atoms with Crippen LogP contribution >= 0.6 is 0 Å². The summed E-state index contributed by atoms with van der Waals surface area (Å²) >= 11 is 0. The zero-order chi connectivity index (χ0) is 16.0. The van der Waals surface area contributed by atoms with Gasteiger partial charge in [0.05, 0.1) is 5.54 Å². The molecular formula is C19H24N2O. The van der Waals surface area contributed by atoms with Crippen LogP contribution < -0.4 is 10.6 Å². The molecule has 0 saturated carbocycles. The van der Waals surface area contributed by atoms with Gasteiger partial charge in [0.2, 0.25) is 5.91 Å². The summed E-state index contributed by atoms with van der Waals surface area (Å²) in [6.45, 7) is 4.65. The molecule has 2 aromatic rings. The van der Waals surface area contributed by atoms with E-state index in [0.29, 0.717) is 6.54 Å². The molecule has 0 aliphatic heterocycles. The van der Waals surface area contributed by atoms with Crippen LogP contribution in [0.1, 0.15) is 25.0 Å². The van der Waals surface area contributed by atoms with Gasteiger partial charge in [0, 0.05) is 12.5 Å². The lowest BCUT2D eigenvalue weighted by molar-refractivity contribution is -0.125. The molecule has 0 fully saturated rings. The number of carbonyl (C=O) groups is 1. The molecule has 0 radical (unpaired) electrons. The Kier molecular flexibility index (Phi) is 5.34. The average molecular weight is 296 g/mol. The van der Waals surface area contributed by atoms with Crippen LogP contribution in [-0.2, 0) is 10.3 Å². The van der Waals surface area contributed by atoms with Crippen molar-refractivity contribution in [3.63, 3.8) is 0 Å². The van der Waals surface area contributed by atoms with Crippen molar-refractivity contribution in [2.24, 2.45) is 5.92 Å². The lowest BCUT2D eigenvalue weighted by atomic mass is 9.84. The molecule has 2 rings (SSSR count). The molecule has 0 heterocycles. The molecule has 1 amide bonds. The summed E-state index contributed by atoms with van der Waals surface area (Å²) in [7, 11) is 1.86. The molecule has 0 aliphatic carbocycles. The van der Waals surface area contributed by atoms with Gasteiger partial charge in [0.1, 0.15) is 0 Å². The second-order valence-corrected chi connectivity index (χ2v) is 5.81. The van der Waals surface area contributed by atoms with E-state index in [4.69, 9.17) is 0 Å². The van der Waals surface area contributed by atoms with Crippen molar-refractivity contribution < 1.29 is 4.79 Å². The topological polar surface area (TPSA) is 41.1 Å². The third kappa shape index (κ3) is 3.55. The van der Waals surface area contributed by atoms with E-state index in [1.807, 2.05) is 50.4 Å². The summed E-state index contributed by atoms with van der Waals surface area (Å²) < 4.78 is 0. The zero-order valence-electron chi connectivity index (χ0n) is 13.5. The van der Waals surface area contributed by atoms with E-state index < -0.39 is 5.54 Å². The van der Waals surface area contributed by atoms with Gasteiger partial charge in [-0.25, -0.2) is 0 Å². The fourth-order valence-electron chi connectivity index (χ4n) is 2.62. The largest absolute Gasteiger partial charge is 0.342 e. The smallest absolute Gasteiger partial charge is 0.225 e. The Morgan fingerprint density at radius 1 is 1.00 bits per heavy atom. The van der Waals surface area contributed by atoms with Gasteiger partial charge in [-0.05, 0) is 25.1 Å². The first-order valence-electron chi connectivity index (χ1n) is 7.65. The molecule has 2 N–H and O–H groups in total. The third-order valence-electron chi connectivity index (χ3n) is 4.03. The van der Waals surface area contributed by atoms with Crippen LogP contribution in [0, 0.1) is 5.92 Å². The molecule has 1 atom stereocenters. The number of amides is 1. The summed E-state index contributed by atoms with van der Waals surface area (Å²) in [5.74, 6) is -0.0405. The first-order valence-corrected chi connectivity index (χ1v) is 7.65. The van der Waals surface area contributed by atoms with E-state index in [1.165, 1.54) is 0 Å². The van der Waals surface area contributed by atoms with Crippen LogP contribution in [0.5, 0.6) is 0 Å². The molecule has 0 aliphatic rings. The maximum absolute atomic E-state index is 12.5. The highest BCUT2D eigenvalue weighted by Crippen LogP contribution is 2.29. The first kappa shape index (κ1) is 16.2. The van der Waals surface area contributed by atoms with Crippen LogP contribution in [0.25, 0.3) is 0 Å². The van der Waals surface area contributed by atoms with Gasteiger partial charge in [0.15, 0.2) is 0 Å². The minimum Gasteiger partial charge on any atom is -0.342 e. The van der Waals surface area contributed by atoms with Gasteiger partial charge < -0.3 is 10.6 Å². The molecule has 22 heavy (non-hydrogen) atoms. The minimum atomic E-state index is -0.540. The molecule has 3 nitrogen and oxygen atoms in total. The predicted molar refractivity (Wildman–Crippen MR) is 90.6 cm³/mol. The molecule has 0 aromatic heterocycles. The molecule has 1 unspecified atom stereocenters. The van der Waals surface area contributed by atoms with Gasteiger partial charge in [-0.2, -0.15) is 0 Å². The minimum absolute atomic E-state index is 0.0459. The van der Waals surface area contributed by atoms with Crippen molar-refractivity contribution in [1.82, 2.24) is 10.6 Å². The SMILES string of the molecule is CNCC(C)C(=O)NC(C)(c1ccccc1)c1ccccc1. The van der Waals surface area contributed by atoms with Crippen molar-refractivity contribution >= 4 is 5.91 Å². The fraction of sp³-hybridized carbons (Fsp3) is 0.316. The van der Waals surface area contributed by atoms with Crippen molar-refractivity contribution in [2.45, 2.75) is 19.4 Å². The summed E-state index contributed by atoms with van der Waals surface area (Å²) in [6, 6.07) is 20.2. The molecule has 0 bridgehead atoms. The second-order valence-electron chi connectivity index (χ2n) is 5.81. The predicted octanol–water partition coefficient (Wildman–Crippen LogP) is 2.92. The van der Waals surface area contributed by atoms with Gasteiger partial charge in [-0.1, -0.05) is 67.6 Å². The Morgan fingerprint density at radius 3 is 1.86 bits per heavy atom. The Hall–Kier alpha value is -2.13. The highest BCUT2D eigenvalue weighted by Gasteiger charge is 2.31. The van der Waals surface area contributed by atoms with Gasteiger partial charge in [-0.15, -0.1) is 0 Å². The van der Waals surface area contributed by atoms with E-state index in [1.54, 1.807) is 0 Å². The van der Waals surface area contributed by atoms with Crippen molar-refractivity contribution in [3.8, 4) is 0 Å². The van der Waals surface area contributed by atoms with Crippen LogP contribution in [-0.4, -0.2) is 19.5 Å². The van der Waals surface area contributed by atoms with E-state index in [2.05, 4.69) is 41.8 Å². The summed E-state index contributed by atoms with van der Waals surface area (Å²) in [6.07, 6.45) is 0. The first-order chi connectivity index (χ1) is 10.6. The number of benzene rings is 2. The standard InChI is InChI=1S/C19H24N2O/c1-15(14-20-3)18(22)21-19(2,16-10-6-4-7-11-16)17-12-8-5-9-13-17/h4-13,15,20H,14H2,1-3H3,(H,21,22). The Bertz CT molecular complexity index is 556. The molecule has 3 heteroatoms. The van der Waals surface area contributed by atoms with Crippen molar-refractivity contribution in [2.75, 3.05) is 13.6 Å². The van der Waals surface area contributed by atoms with Crippen LogP contribution in [0.15, 0.2) is 60.7 Å². The maximum atomic E-state index is 12.5. The Labute approximate surface area is 132 Å². The number of carbonyl (C=O) groups excluding carboxylic acids is 1. The summed E-state index contributed by atoms with van der Waals surface area (Å²) in [4.78, 5) is 12.5. The van der Waals surface area contributed by atoms with Crippen LogP contribution in [0.4, 0.5) is 0 Å². The van der Waals surface area contributed by atoms with Gasteiger partial charge in [0.25, 0.3) is 0 Å². The fourth-order valence-corrected chi connectivity index (χ4v) is 2.62. The average Bonchev–Trinajstić information content (AvgIpc) is 2.56. The van der Waals surface area contributed by atoms with E-state index in [-0.39, 0.29) is 11.8 Å². The highest BCUT2D eigenvalue weighted by molar-refractivity contribution is 5.80. The Balaban J connectivity index is 2.37. The summed E-state index contributed by atoms with van der Waals surface area (Å²) in [5, 5.41) is 6.28. The zero-order valence-corrected chi connectivity index (χ0v) is 13.5. The number of hydrogen-bond acceptors (Lipinski definition) is 2. The Morgan fingerprint density at radius 2 is 1.45 bits per heavy atom. The maximum Gasteiger partial charge on any atom is 0.225 e. The number of rotatable bonds is 6. The van der Waals surface area contributed by atoms with E-state index >= 15 is 0 Å². The van der Waals surface area contributed by atoms with E-state index in [0.717, 1.165) is 11.1 Å². The lowest BCUT2D eigenvalue weighted by Crippen LogP contribution is -2.47. The molecule has 2 aromatic carbocycles. The molecular weight excluding hydrogens is 272 g/mol. The lowest BCUT2D eigenvalue weighted by Gasteiger charge is -2.33. The quantitative estimate of drug-likeness (QED) is 0.860. The molecule has 0 saturated heterocycles. The van der Waals surface area contributed by atoms with Gasteiger partial charge in [-0.3, -0.25) is 4.79 Å². The van der Waals surface area contributed by atoms with Crippen LogP contribution in [0.3, 0.4) is 0 Å². The second kappa shape index (κ2) is 7.23. The van der Waals surface area contributed by atoms with E-state index in [9.17, 15) is 4.79 Å². The van der Waals surface area contributed by atoms with Crippen LogP contribution in [0.2, 0.25) is 0 Å². The number of hydrogen-bond donors (Lipinski definition) is 2. The van der Waals surface area contributed by atoms with Gasteiger partial charge >= 0.3 is 0 Å². The monoisotopic (exact) mass is 296 g/mol.